The predicted octanol–water partition coefficient (Wildman–Crippen LogP) is 0.670. The Balaban J connectivity index is 2.36. The number of carboxylic acid groups (broad SMARTS) is 1. The van der Waals surface area contributed by atoms with Crippen molar-refractivity contribution in [2.24, 2.45) is 0 Å². The summed E-state index contributed by atoms with van der Waals surface area (Å²) in [6.45, 7) is 0. The third-order valence-electron chi connectivity index (χ3n) is 3.04. The molecule has 1 heterocycles. The van der Waals surface area contributed by atoms with Crippen LogP contribution in [0.15, 0.2) is 29.2 Å². The third-order valence-corrected chi connectivity index (χ3v) is 4.17. The van der Waals surface area contributed by atoms with E-state index in [9.17, 15) is 18.0 Å². The number of anilines is 1. The van der Waals surface area contributed by atoms with Crippen LogP contribution in [-0.2, 0) is 19.4 Å². The largest absolute Gasteiger partial charge is 0.480 e. The molecule has 2 rings (SSSR count). The number of rotatable bonds is 3. The first-order chi connectivity index (χ1) is 8.80. The Morgan fingerprint density at radius 2 is 1.89 bits per heavy atom. The normalized spacial score (nSPS) is 19.7. The average molecular weight is 283 g/mol. The van der Waals surface area contributed by atoms with Crippen LogP contribution in [0.4, 0.5) is 5.69 Å². The van der Waals surface area contributed by atoms with Crippen LogP contribution in [0.2, 0.25) is 0 Å². The fraction of sp³-hybridized carbons (Fsp3) is 0.333. The highest BCUT2D eigenvalue weighted by molar-refractivity contribution is 7.90. The fourth-order valence-corrected chi connectivity index (χ4v) is 2.73. The number of carbonyl (C=O) groups excluding carboxylic acids is 1. The van der Waals surface area contributed by atoms with Crippen LogP contribution in [0.25, 0.3) is 0 Å². The monoisotopic (exact) mass is 283 g/mol. The molecular formula is C12H13NO5S. The Hall–Kier alpha value is -1.89. The van der Waals surface area contributed by atoms with Gasteiger partial charge in [0.25, 0.3) is 0 Å². The molecule has 102 valence electrons. The highest BCUT2D eigenvalue weighted by atomic mass is 32.2. The molecule has 1 aromatic carbocycles. The van der Waals surface area contributed by atoms with Gasteiger partial charge in [0, 0.05) is 18.4 Å². The van der Waals surface area contributed by atoms with Gasteiger partial charge in [0.15, 0.2) is 9.84 Å². The molecule has 0 saturated carbocycles. The summed E-state index contributed by atoms with van der Waals surface area (Å²) in [7, 11) is -3.31. The van der Waals surface area contributed by atoms with Crippen molar-refractivity contribution >= 4 is 27.4 Å². The summed E-state index contributed by atoms with van der Waals surface area (Å²) in [5.41, 5.74) is 0.405. The van der Waals surface area contributed by atoms with Crippen molar-refractivity contribution in [2.75, 3.05) is 11.2 Å². The zero-order valence-corrected chi connectivity index (χ0v) is 11.1. The van der Waals surface area contributed by atoms with Gasteiger partial charge in [-0.1, -0.05) is 0 Å². The van der Waals surface area contributed by atoms with E-state index in [2.05, 4.69) is 0 Å². The van der Waals surface area contributed by atoms with E-state index < -0.39 is 21.8 Å². The average Bonchev–Trinajstić information content (AvgIpc) is 2.70. The van der Waals surface area contributed by atoms with E-state index in [-0.39, 0.29) is 23.6 Å². The van der Waals surface area contributed by atoms with Crippen LogP contribution in [0.3, 0.4) is 0 Å². The van der Waals surface area contributed by atoms with E-state index >= 15 is 0 Å². The van der Waals surface area contributed by atoms with E-state index in [1.54, 1.807) is 0 Å². The first-order valence-corrected chi connectivity index (χ1v) is 7.55. The molecule has 1 aliphatic rings. The summed E-state index contributed by atoms with van der Waals surface area (Å²) >= 11 is 0. The number of benzene rings is 1. The van der Waals surface area contributed by atoms with Gasteiger partial charge in [-0.2, -0.15) is 0 Å². The summed E-state index contributed by atoms with van der Waals surface area (Å²) in [5, 5.41) is 9.06. The number of aliphatic carboxylic acids is 1. The molecule has 0 spiro atoms. The molecular weight excluding hydrogens is 270 g/mol. The van der Waals surface area contributed by atoms with Gasteiger partial charge in [0.1, 0.15) is 6.04 Å². The second-order valence-electron chi connectivity index (χ2n) is 4.42. The fourth-order valence-electron chi connectivity index (χ4n) is 2.10. The van der Waals surface area contributed by atoms with Gasteiger partial charge < -0.3 is 5.11 Å². The standard InChI is InChI=1S/C12H13NO5S/c1-19(17,18)9-4-2-8(3-5-9)13-10(12(15)16)6-7-11(13)14/h2-5,10H,6-7H2,1H3,(H,15,16). The molecule has 1 unspecified atom stereocenters. The zero-order valence-electron chi connectivity index (χ0n) is 10.2. The lowest BCUT2D eigenvalue weighted by atomic mass is 10.2. The van der Waals surface area contributed by atoms with Crippen LogP contribution in [-0.4, -0.2) is 37.7 Å². The van der Waals surface area contributed by atoms with Crippen molar-refractivity contribution in [1.82, 2.24) is 0 Å². The van der Waals surface area contributed by atoms with Crippen LogP contribution in [0, 0.1) is 0 Å². The molecule has 7 heteroatoms. The highest BCUT2D eigenvalue weighted by Gasteiger charge is 2.37. The molecule has 1 amide bonds. The number of carboxylic acids is 1. The molecule has 0 radical (unpaired) electrons. The van der Waals surface area contributed by atoms with E-state index in [0.717, 1.165) is 6.26 Å². The van der Waals surface area contributed by atoms with E-state index in [1.165, 1.54) is 29.2 Å². The van der Waals surface area contributed by atoms with Crippen LogP contribution in [0.1, 0.15) is 12.8 Å². The molecule has 0 bridgehead atoms. The first kappa shape index (κ1) is 13.5. The van der Waals surface area contributed by atoms with Gasteiger partial charge >= 0.3 is 5.97 Å². The van der Waals surface area contributed by atoms with Crippen LogP contribution in [0.5, 0.6) is 0 Å². The van der Waals surface area contributed by atoms with E-state index in [4.69, 9.17) is 5.11 Å². The molecule has 1 aliphatic heterocycles. The topological polar surface area (TPSA) is 91.8 Å². The number of nitrogens with zero attached hydrogens (tertiary/aromatic N) is 1. The highest BCUT2D eigenvalue weighted by Crippen LogP contribution is 2.27. The molecule has 6 nitrogen and oxygen atoms in total. The Kier molecular flexibility index (Phi) is 3.32. The van der Waals surface area contributed by atoms with Gasteiger partial charge in [-0.15, -0.1) is 0 Å². The lowest BCUT2D eigenvalue weighted by Crippen LogP contribution is -2.38. The van der Waals surface area contributed by atoms with Crippen LogP contribution >= 0.6 is 0 Å². The maximum absolute atomic E-state index is 11.7. The second kappa shape index (κ2) is 4.65. The SMILES string of the molecule is CS(=O)(=O)c1ccc(N2C(=O)CCC2C(=O)O)cc1. The van der Waals surface area contributed by atoms with Gasteiger partial charge in [0.05, 0.1) is 4.90 Å². The molecule has 1 atom stereocenters. The Labute approximate surface area is 110 Å². The van der Waals surface area contributed by atoms with Crippen molar-refractivity contribution in [2.45, 2.75) is 23.8 Å². The Morgan fingerprint density at radius 3 is 2.37 bits per heavy atom. The molecule has 19 heavy (non-hydrogen) atoms. The summed E-state index contributed by atoms with van der Waals surface area (Å²) < 4.78 is 22.7. The lowest BCUT2D eigenvalue weighted by Gasteiger charge is -2.21. The van der Waals surface area contributed by atoms with Gasteiger partial charge in [0.2, 0.25) is 5.91 Å². The Bertz CT molecular complexity index is 620. The number of amides is 1. The number of sulfone groups is 1. The van der Waals surface area contributed by atoms with Crippen LogP contribution < -0.4 is 4.90 Å². The minimum atomic E-state index is -3.31. The smallest absolute Gasteiger partial charge is 0.326 e. The van der Waals surface area contributed by atoms with E-state index in [0.29, 0.717) is 5.69 Å². The van der Waals surface area contributed by atoms with Crippen molar-refractivity contribution < 1.29 is 23.1 Å². The van der Waals surface area contributed by atoms with Crippen molar-refractivity contribution in [3.05, 3.63) is 24.3 Å². The molecule has 1 saturated heterocycles. The molecule has 0 aromatic heterocycles. The van der Waals surface area contributed by atoms with Gasteiger partial charge in [-0.3, -0.25) is 9.69 Å². The van der Waals surface area contributed by atoms with E-state index in [1.807, 2.05) is 0 Å². The molecule has 1 aromatic rings. The maximum Gasteiger partial charge on any atom is 0.326 e. The summed E-state index contributed by atoms with van der Waals surface area (Å²) in [6.07, 6.45) is 1.54. The third kappa shape index (κ3) is 2.60. The van der Waals surface area contributed by atoms with Gasteiger partial charge in [-0.05, 0) is 30.7 Å². The quantitative estimate of drug-likeness (QED) is 0.880. The molecule has 1 fully saturated rings. The minimum absolute atomic E-state index is 0.134. The first-order valence-electron chi connectivity index (χ1n) is 5.65. The van der Waals surface area contributed by atoms with Crippen molar-refractivity contribution in [3.63, 3.8) is 0 Å². The number of hydrogen-bond donors (Lipinski definition) is 1. The van der Waals surface area contributed by atoms with Crippen molar-refractivity contribution in [1.29, 1.82) is 0 Å². The van der Waals surface area contributed by atoms with Gasteiger partial charge in [-0.25, -0.2) is 13.2 Å². The minimum Gasteiger partial charge on any atom is -0.480 e. The maximum atomic E-state index is 11.7. The molecule has 1 N–H and O–H groups in total. The zero-order chi connectivity index (χ0) is 14.2. The second-order valence-corrected chi connectivity index (χ2v) is 6.44. The predicted molar refractivity (Wildman–Crippen MR) is 67.7 cm³/mol. The summed E-state index contributed by atoms with van der Waals surface area (Å²) in [4.78, 5) is 24.1. The summed E-state index contributed by atoms with van der Waals surface area (Å²) in [5.74, 6) is -1.32. The number of carbonyl (C=O) groups is 2. The Morgan fingerprint density at radius 1 is 1.32 bits per heavy atom. The van der Waals surface area contributed by atoms with Crippen molar-refractivity contribution in [3.8, 4) is 0 Å². The molecule has 0 aliphatic carbocycles. The summed E-state index contributed by atoms with van der Waals surface area (Å²) in [6, 6.07) is 4.77. The lowest BCUT2D eigenvalue weighted by molar-refractivity contribution is -0.138. The number of hydrogen-bond acceptors (Lipinski definition) is 4.